The van der Waals surface area contributed by atoms with Crippen molar-refractivity contribution >= 4 is 11.6 Å². The van der Waals surface area contributed by atoms with Gasteiger partial charge in [-0.15, -0.1) is 0 Å². The maximum absolute atomic E-state index is 13.5. The smallest absolute Gasteiger partial charge is 0.280 e. The molecule has 2 heterocycles. The standard InChI is InChI=1S/C20H20F2N4O/c1-2-14(20(27)25-10-9-13-5-3-4-6-16(13)25)19-24-15(12-7-8-12)11-17(18(21)22)26(19)23/h2-6,11,18,24H,1,7-10,23H2/b19-14+. The molecule has 0 bridgehead atoms. The minimum Gasteiger partial charge on any atom is -0.340 e. The number of nitrogens with two attached hydrogens (primary N) is 1. The van der Waals surface area contributed by atoms with Crippen LogP contribution in [-0.4, -0.2) is 23.9 Å². The second-order valence-corrected chi connectivity index (χ2v) is 6.68. The van der Waals surface area contributed by atoms with E-state index in [9.17, 15) is 13.6 Å². The third-order valence-corrected chi connectivity index (χ3v) is 4.99. The number of alkyl halides is 2. The van der Waals surface area contributed by atoms with E-state index in [2.05, 4.69) is 11.9 Å². The third-order valence-electron chi connectivity index (χ3n) is 4.99. The van der Waals surface area contributed by atoms with Gasteiger partial charge in [-0.2, -0.15) is 0 Å². The van der Waals surface area contributed by atoms with Gasteiger partial charge in [-0.3, -0.25) is 9.80 Å². The fourth-order valence-electron chi connectivity index (χ4n) is 3.44. The summed E-state index contributed by atoms with van der Waals surface area (Å²) in [5.74, 6) is 5.75. The number of amides is 1. The van der Waals surface area contributed by atoms with Crippen molar-refractivity contribution < 1.29 is 13.6 Å². The van der Waals surface area contributed by atoms with Crippen molar-refractivity contribution in [1.82, 2.24) is 10.3 Å². The SMILES string of the molecule is C=C/C(C(=O)N1CCc2ccccc21)=C1/NC(=C2CC2)C=C(C(F)F)N1N. The molecule has 7 heteroatoms. The van der Waals surface area contributed by atoms with Crippen molar-refractivity contribution in [2.75, 3.05) is 11.4 Å². The largest absolute Gasteiger partial charge is 0.340 e. The molecule has 0 aromatic heterocycles. The number of hydrazine groups is 1. The Morgan fingerprint density at radius 3 is 2.67 bits per heavy atom. The number of benzene rings is 1. The zero-order chi connectivity index (χ0) is 19.1. The molecule has 1 saturated carbocycles. The first-order valence-corrected chi connectivity index (χ1v) is 8.81. The molecule has 1 amide bonds. The Bertz CT molecular complexity index is 910. The lowest BCUT2D eigenvalue weighted by molar-refractivity contribution is -0.114. The molecule has 0 atom stereocenters. The Balaban J connectivity index is 1.75. The maximum atomic E-state index is 13.5. The lowest BCUT2D eigenvalue weighted by Gasteiger charge is -2.32. The van der Waals surface area contributed by atoms with Gasteiger partial charge in [0.1, 0.15) is 11.5 Å². The van der Waals surface area contributed by atoms with E-state index < -0.39 is 6.43 Å². The first-order chi connectivity index (χ1) is 13.0. The molecule has 1 aromatic carbocycles. The summed E-state index contributed by atoms with van der Waals surface area (Å²) in [4.78, 5) is 14.8. The molecule has 0 radical (unpaired) electrons. The van der Waals surface area contributed by atoms with Gasteiger partial charge in [0.15, 0.2) is 0 Å². The zero-order valence-electron chi connectivity index (χ0n) is 14.7. The molecule has 0 saturated heterocycles. The number of anilines is 1. The van der Waals surface area contributed by atoms with E-state index in [0.29, 0.717) is 12.2 Å². The van der Waals surface area contributed by atoms with Crippen molar-refractivity contribution in [1.29, 1.82) is 0 Å². The molecule has 2 aliphatic heterocycles. The van der Waals surface area contributed by atoms with Gasteiger partial charge >= 0.3 is 0 Å². The van der Waals surface area contributed by atoms with Crippen LogP contribution in [0.4, 0.5) is 14.5 Å². The van der Waals surface area contributed by atoms with Crippen LogP contribution in [-0.2, 0) is 11.2 Å². The second kappa shape index (κ2) is 6.66. The van der Waals surface area contributed by atoms with Gasteiger partial charge in [-0.05, 0) is 42.5 Å². The van der Waals surface area contributed by atoms with Gasteiger partial charge in [0.25, 0.3) is 12.3 Å². The van der Waals surface area contributed by atoms with E-state index in [1.54, 1.807) is 4.90 Å². The highest BCUT2D eigenvalue weighted by Gasteiger charge is 2.33. The summed E-state index contributed by atoms with van der Waals surface area (Å²) in [6.07, 6.45) is 2.42. The molecule has 0 spiro atoms. The molecule has 5 nitrogen and oxygen atoms in total. The van der Waals surface area contributed by atoms with Crippen molar-refractivity contribution in [3.8, 4) is 0 Å². The van der Waals surface area contributed by atoms with Crippen LogP contribution in [0.2, 0.25) is 0 Å². The number of hydrogen-bond donors (Lipinski definition) is 2. The van der Waals surface area contributed by atoms with Gasteiger partial charge in [0, 0.05) is 17.9 Å². The highest BCUT2D eigenvalue weighted by atomic mass is 19.3. The average Bonchev–Trinajstić information content (AvgIpc) is 3.42. The first kappa shape index (κ1) is 17.5. The number of nitrogens with one attached hydrogen (secondary N) is 1. The molecular formula is C20H20F2N4O. The lowest BCUT2D eigenvalue weighted by atomic mass is 10.1. The van der Waals surface area contributed by atoms with Gasteiger partial charge in [-0.25, -0.2) is 14.6 Å². The van der Waals surface area contributed by atoms with Gasteiger partial charge < -0.3 is 10.2 Å². The number of nitrogens with zero attached hydrogens (tertiary/aromatic N) is 2. The lowest BCUT2D eigenvalue weighted by Crippen LogP contribution is -2.44. The number of hydrogen-bond acceptors (Lipinski definition) is 4. The summed E-state index contributed by atoms with van der Waals surface area (Å²) in [6, 6.07) is 7.65. The van der Waals surface area contributed by atoms with Crippen LogP contribution in [0.25, 0.3) is 0 Å². The topological polar surface area (TPSA) is 61.6 Å². The molecule has 0 unspecified atom stereocenters. The molecule has 1 aromatic rings. The maximum Gasteiger partial charge on any atom is 0.280 e. The van der Waals surface area contributed by atoms with E-state index in [4.69, 9.17) is 5.84 Å². The number of carbonyl (C=O) groups is 1. The van der Waals surface area contributed by atoms with E-state index in [0.717, 1.165) is 41.1 Å². The number of halogens is 2. The number of allylic oxidation sites excluding steroid dienone is 3. The second-order valence-electron chi connectivity index (χ2n) is 6.68. The summed E-state index contributed by atoms with van der Waals surface area (Å²) < 4.78 is 27.0. The summed E-state index contributed by atoms with van der Waals surface area (Å²) in [5.41, 5.74) is 3.37. The zero-order valence-corrected chi connectivity index (χ0v) is 14.7. The molecule has 3 aliphatic rings. The Morgan fingerprint density at radius 2 is 2.00 bits per heavy atom. The number of fused-ring (bicyclic) bond motifs is 1. The van der Waals surface area contributed by atoms with Crippen molar-refractivity contribution in [3.63, 3.8) is 0 Å². The average molecular weight is 370 g/mol. The predicted molar refractivity (Wildman–Crippen MR) is 99.2 cm³/mol. The van der Waals surface area contributed by atoms with Crippen LogP contribution >= 0.6 is 0 Å². The molecule has 4 rings (SSSR count). The van der Waals surface area contributed by atoms with Crippen LogP contribution in [0.5, 0.6) is 0 Å². The van der Waals surface area contributed by atoms with Crippen LogP contribution in [0, 0.1) is 0 Å². The normalized spacial score (nSPS) is 20.4. The quantitative estimate of drug-likeness (QED) is 0.634. The fraction of sp³-hybridized carbons (Fsp3) is 0.250. The summed E-state index contributed by atoms with van der Waals surface area (Å²) >= 11 is 0. The van der Waals surface area contributed by atoms with E-state index >= 15 is 0 Å². The first-order valence-electron chi connectivity index (χ1n) is 8.81. The van der Waals surface area contributed by atoms with Crippen molar-refractivity contribution in [3.05, 3.63) is 76.9 Å². The van der Waals surface area contributed by atoms with Crippen molar-refractivity contribution in [2.45, 2.75) is 25.7 Å². The van der Waals surface area contributed by atoms with E-state index in [1.807, 2.05) is 24.3 Å². The monoisotopic (exact) mass is 370 g/mol. The van der Waals surface area contributed by atoms with Gasteiger partial charge in [-0.1, -0.05) is 30.9 Å². The molecule has 1 fully saturated rings. The highest BCUT2D eigenvalue weighted by Crippen LogP contribution is 2.36. The van der Waals surface area contributed by atoms with Gasteiger partial charge in [0.2, 0.25) is 0 Å². The van der Waals surface area contributed by atoms with Crippen LogP contribution in [0.3, 0.4) is 0 Å². The van der Waals surface area contributed by atoms with Crippen molar-refractivity contribution in [2.24, 2.45) is 5.84 Å². The summed E-state index contributed by atoms with van der Waals surface area (Å²) in [6.45, 7) is 4.25. The number of carbonyl (C=O) groups excluding carboxylic acids is 1. The fourth-order valence-corrected chi connectivity index (χ4v) is 3.44. The van der Waals surface area contributed by atoms with Crippen LogP contribution in [0.1, 0.15) is 18.4 Å². The van der Waals surface area contributed by atoms with E-state index in [-0.39, 0.29) is 23.0 Å². The van der Waals surface area contributed by atoms with Crippen LogP contribution in [0.15, 0.2) is 71.4 Å². The van der Waals surface area contributed by atoms with Crippen LogP contribution < -0.4 is 16.1 Å². The number of para-hydroxylation sites is 1. The molecule has 3 N–H and O–H groups in total. The molecular weight excluding hydrogens is 350 g/mol. The summed E-state index contributed by atoms with van der Waals surface area (Å²) in [5, 5.41) is 3.92. The molecule has 1 aliphatic carbocycles. The Hall–Kier alpha value is -2.93. The van der Waals surface area contributed by atoms with E-state index in [1.165, 1.54) is 12.2 Å². The molecule has 140 valence electrons. The summed E-state index contributed by atoms with van der Waals surface area (Å²) in [7, 11) is 0. The minimum absolute atomic E-state index is 0.131. The van der Waals surface area contributed by atoms with Gasteiger partial charge in [0.05, 0.1) is 5.57 Å². The Labute approximate surface area is 156 Å². The molecule has 27 heavy (non-hydrogen) atoms. The number of rotatable bonds is 3. The Kier molecular flexibility index (Phi) is 4.31. The predicted octanol–water partition coefficient (Wildman–Crippen LogP) is 2.95. The third kappa shape index (κ3) is 3.04. The minimum atomic E-state index is -2.75. The Morgan fingerprint density at radius 1 is 1.26 bits per heavy atom. The highest BCUT2D eigenvalue weighted by molar-refractivity contribution is 6.09.